The van der Waals surface area contributed by atoms with E-state index >= 15 is 27.6 Å². The topological polar surface area (TPSA) is 661 Å². The van der Waals surface area contributed by atoms with Crippen LogP contribution in [-0.2, 0) is 128 Å². The number of benzene rings is 6. The van der Waals surface area contributed by atoms with Gasteiger partial charge in [0.2, 0.25) is 18.9 Å². The predicted octanol–water partition coefficient (Wildman–Crippen LogP) is 0.239. The lowest BCUT2D eigenvalue weighted by molar-refractivity contribution is -0.277. The van der Waals surface area contributed by atoms with E-state index < -0.39 is 232 Å². The number of ether oxygens (including phenoxy) is 15. The highest BCUT2D eigenvalue weighted by Gasteiger charge is 2.53. The van der Waals surface area contributed by atoms with Gasteiger partial charge in [-0.1, -0.05) is 29.5 Å². The fourth-order valence-electron chi connectivity index (χ4n) is 17.7. The highest BCUT2D eigenvalue weighted by molar-refractivity contribution is 7.82. The zero-order valence-electron chi connectivity index (χ0n) is 79.9. The number of aromatic nitrogens is 3. The molecule has 14 N–H and O–H groups in total. The Kier molecular flexibility index (Phi) is 33.8. The second-order valence-electron chi connectivity index (χ2n) is 35.6. The van der Waals surface area contributed by atoms with Crippen molar-refractivity contribution in [3.63, 3.8) is 0 Å². The molecule has 11 heterocycles. The van der Waals surface area contributed by atoms with Crippen LogP contribution >= 0.6 is 22.7 Å². The number of carboxylic acids is 1. The lowest BCUT2D eigenvalue weighted by Gasteiger charge is -2.39. The minimum atomic E-state index is -5.64. The van der Waals surface area contributed by atoms with Gasteiger partial charge in [0.25, 0.3) is 29.5 Å². The molecule has 3 saturated heterocycles. The van der Waals surface area contributed by atoms with Crippen molar-refractivity contribution in [2.24, 2.45) is 0 Å². The Labute approximate surface area is 860 Å². The number of anilines is 2. The molecule has 0 aliphatic carbocycles. The number of amides is 7. The summed E-state index contributed by atoms with van der Waals surface area (Å²) in [6.45, 7) is -3.21. The molecule has 3 fully saturated rings. The van der Waals surface area contributed by atoms with Crippen LogP contribution in [0.2, 0.25) is 0 Å². The Balaban J connectivity index is 0.660. The van der Waals surface area contributed by atoms with Crippen LogP contribution < -0.4 is 51.3 Å². The van der Waals surface area contributed by atoms with Gasteiger partial charge in [0, 0.05) is 79.1 Å². The molecule has 0 saturated carbocycles. The van der Waals surface area contributed by atoms with Crippen LogP contribution in [-0.4, -0.2) is 359 Å². The van der Waals surface area contributed by atoms with Gasteiger partial charge in [-0.05, 0) is 129 Å². The monoisotopic (exact) mass is 2150 g/mol. The number of aliphatic hydroxyl groups excluding tert-OH is 13. The van der Waals surface area contributed by atoms with Crippen LogP contribution in [0.25, 0.3) is 0 Å². The van der Waals surface area contributed by atoms with Crippen molar-refractivity contribution in [3.05, 3.63) is 216 Å². The maximum atomic E-state index is 15.2. The molecule has 53 heteroatoms. The van der Waals surface area contributed by atoms with Gasteiger partial charge in [0.05, 0.1) is 121 Å². The number of hydrogen-bond acceptors (Lipinski definition) is 44. The molecule has 8 aliphatic heterocycles. The average molecular weight is 2150 g/mol. The zero-order valence-corrected chi connectivity index (χ0v) is 82.3. The Morgan fingerprint density at radius 1 is 0.480 bits per heavy atom. The highest BCUT2D eigenvalue weighted by Crippen LogP contribution is 2.47. The summed E-state index contributed by atoms with van der Waals surface area (Å²) >= 11 is 2.74. The third kappa shape index (κ3) is 23.8. The van der Waals surface area contributed by atoms with Gasteiger partial charge >= 0.3 is 28.6 Å². The molecular formula is C97H105N9O41S3. The number of hydrogen-bond donors (Lipinski definition) is 14. The zero-order chi connectivity index (χ0) is 106. The normalized spacial score (nSPS) is 24.9. The standard InChI is InChI=1S/C97H105N9O41S3/c1-100(18-21-133-22-19-101-40-55(98-99-101)47-135-25-24-134-23-20-102-75(109)14-15-76(102)110)87(120)52-8-13-65(142-95-84(118)80(114)78(112)72(42-108)144-95)70(31-52)147-150(129,130)146-58-29-50(45-136-68-34-61-59(32-66(68)131-2)88(121)103-38-53-16-26-148-73(53)36-63(103)90(123)105(61)96(127)138-43-48-4-9-56(10-5-48)140-93-83(117)79(113)77(111)71(41-107)143-93)28-51(30-58)46-137-69-35-62-60(33-67(69)132-3)89(122)104-39-54-17-27-149-74(54)37-64(104)91(124)106(62)97(128)139-44-49-6-11-57(12-7-49)141-94-85(119)81(115)82(116)86(145-94)92(125)126/h4-17,26-35,40,63-64,71-72,77-86,90-91,93-95,107-108,111-119,123-124H,18-25,36-39,41-47H2,1-3H3,(H,125,126)/t63-,64-,71+,72+,77+,78-,79-,80-,81-,82-,83+,84+,85+,86-,90?,91?,93+,94+,95+/m0/s1. The summed E-state index contributed by atoms with van der Waals surface area (Å²) in [6, 6.07) is 24.6. The maximum Gasteiger partial charge on any atom is 0.501 e. The Morgan fingerprint density at radius 2 is 0.967 bits per heavy atom. The van der Waals surface area contributed by atoms with Crippen LogP contribution in [0.5, 0.6) is 51.7 Å². The minimum Gasteiger partial charge on any atom is -0.493 e. The van der Waals surface area contributed by atoms with Gasteiger partial charge in [-0.2, -0.15) is 0 Å². The lowest BCUT2D eigenvalue weighted by Crippen LogP contribution is -2.61. The number of imide groups is 1. The van der Waals surface area contributed by atoms with Crippen molar-refractivity contribution in [2.45, 2.75) is 182 Å². The first kappa shape index (κ1) is 108. The quantitative estimate of drug-likeness (QED) is 0.0181. The SMILES string of the molecule is COc1cc2c(cc1OCc1cc(COc3cc4c(cc3OC)C(=O)N3Cc5ccsc5C[C@H]3C(O)N4C(=O)OCc3ccc(O[C@@H]4O[C@H](CO)[C@@H](O)[C@H](O)[C@H]4O)cc3)cc(OS(=O)(=O)Oc3cc(C(=O)N(C)CCOCCn4cc(COCCOCCN5C(=O)C=CC5=O)nn4)ccc3O[C@@H]3O[C@H](CO)[C@H](O)[C@H](O)[C@H]3O)c1)N(C(=O)OCc1ccc(O[C@@H]3O[C@H](C(=O)O)[C@@H](O)[C@H](O)[C@H]3O)cc1)C(O)[C@@H]1Cc3sccc3CN1C2=O. The van der Waals surface area contributed by atoms with E-state index in [1.54, 1.807) is 6.20 Å². The number of fused-ring (bicyclic) bond motifs is 6. The number of nitrogens with zero attached hydrogens (tertiary/aromatic N) is 9. The van der Waals surface area contributed by atoms with Gasteiger partial charge in [0.1, 0.15) is 117 Å². The van der Waals surface area contributed by atoms with Crippen molar-refractivity contribution in [2.75, 3.05) is 90.4 Å². The van der Waals surface area contributed by atoms with Crippen molar-refractivity contribution in [3.8, 4) is 51.7 Å². The minimum absolute atomic E-state index is 0.00157. The number of carbonyl (C=O) groups excluding carboxylic acids is 7. The van der Waals surface area contributed by atoms with Crippen molar-refractivity contribution < 1.29 is 198 Å². The van der Waals surface area contributed by atoms with Crippen molar-refractivity contribution in [1.82, 2.24) is 34.6 Å². The molecule has 8 aliphatic rings. The van der Waals surface area contributed by atoms with Crippen LogP contribution in [0.15, 0.2) is 150 Å². The lowest BCUT2D eigenvalue weighted by atomic mass is 9.99. The van der Waals surface area contributed by atoms with Gasteiger partial charge in [-0.25, -0.2) is 28.9 Å². The van der Waals surface area contributed by atoms with Gasteiger partial charge in [-0.15, -0.1) is 36.2 Å². The molecule has 17 rings (SSSR count). The summed E-state index contributed by atoms with van der Waals surface area (Å²) in [7, 11) is -1.75. The molecule has 0 spiro atoms. The van der Waals surface area contributed by atoms with E-state index in [1.165, 1.54) is 160 Å². The predicted molar refractivity (Wildman–Crippen MR) is 509 cm³/mol. The molecule has 19 atom stereocenters. The number of aliphatic carboxylic acids is 1. The largest absolute Gasteiger partial charge is 0.501 e. The number of carboxylic acid groups (broad SMARTS) is 1. The van der Waals surface area contributed by atoms with E-state index in [4.69, 9.17) is 79.4 Å². The first-order chi connectivity index (χ1) is 72.0. The third-order valence-corrected chi connectivity index (χ3v) is 28.5. The number of carbonyl (C=O) groups is 8. The fraction of sp³-hybridized carbons (Fsp3) is 0.423. The first-order valence-corrected chi connectivity index (χ1v) is 49.9. The second kappa shape index (κ2) is 47.0. The van der Waals surface area contributed by atoms with E-state index in [2.05, 4.69) is 10.3 Å². The second-order valence-corrected chi connectivity index (χ2v) is 38.7. The van der Waals surface area contributed by atoms with E-state index in [0.29, 0.717) is 11.3 Å². The molecule has 0 bridgehead atoms. The summed E-state index contributed by atoms with van der Waals surface area (Å²) in [4.78, 5) is 119. The molecule has 150 heavy (non-hydrogen) atoms. The summed E-state index contributed by atoms with van der Waals surface area (Å²) in [6.07, 6.45) is -29.1. The summed E-state index contributed by atoms with van der Waals surface area (Å²) in [5.41, 5.74) is 1.47. The maximum absolute atomic E-state index is 15.2. The summed E-state index contributed by atoms with van der Waals surface area (Å²) in [5, 5.41) is 162. The smallest absolute Gasteiger partial charge is 0.493 e. The van der Waals surface area contributed by atoms with Crippen LogP contribution in [0.3, 0.4) is 0 Å². The number of rotatable bonds is 40. The molecule has 0 radical (unpaired) electrons. The Hall–Kier alpha value is -13.4. The van der Waals surface area contributed by atoms with Gasteiger partial charge in [0.15, 0.2) is 53.1 Å². The molecule has 3 aromatic heterocycles. The van der Waals surface area contributed by atoms with Crippen LogP contribution in [0.4, 0.5) is 21.0 Å². The summed E-state index contributed by atoms with van der Waals surface area (Å²) < 4.78 is 131. The molecule has 802 valence electrons. The molecule has 2 unspecified atom stereocenters. The van der Waals surface area contributed by atoms with Crippen LogP contribution in [0.1, 0.15) is 79.9 Å². The van der Waals surface area contributed by atoms with E-state index in [-0.39, 0.29) is 164 Å². The molecule has 9 aromatic rings. The van der Waals surface area contributed by atoms with E-state index in [1.807, 2.05) is 22.9 Å². The Bertz CT molecular complexity index is 6500. The van der Waals surface area contributed by atoms with Crippen LogP contribution in [0, 0.1) is 0 Å². The van der Waals surface area contributed by atoms with E-state index in [9.17, 15) is 90.7 Å². The van der Waals surface area contributed by atoms with E-state index in [0.717, 1.165) is 59.8 Å². The Morgan fingerprint density at radius 3 is 1.47 bits per heavy atom. The number of likely N-dealkylation sites (N-methyl/N-ethyl adjacent to an activating group) is 1. The van der Waals surface area contributed by atoms with Gasteiger partial charge < -0.3 is 166 Å². The van der Waals surface area contributed by atoms with Crippen molar-refractivity contribution >= 4 is 92.1 Å². The molecular weight excluding hydrogens is 2040 g/mol. The third-order valence-electron chi connectivity index (χ3n) is 25.8. The number of methoxy groups -OCH3 is 2. The average Bonchev–Trinajstić information content (AvgIpc) is 1.59. The molecule has 50 nitrogen and oxygen atoms in total. The molecule has 6 aromatic carbocycles. The number of aliphatic hydroxyl groups is 13. The highest BCUT2D eigenvalue weighted by atomic mass is 32.3. The molecule has 7 amide bonds. The van der Waals surface area contributed by atoms with Crippen molar-refractivity contribution in [1.29, 1.82) is 0 Å². The fourth-order valence-corrected chi connectivity index (χ4v) is 20.3. The first-order valence-electron chi connectivity index (χ1n) is 46.8. The summed E-state index contributed by atoms with van der Waals surface area (Å²) in [5.74, 6) is -7.33. The number of thiophene rings is 2. The van der Waals surface area contributed by atoms with Gasteiger partial charge in [-0.3, -0.25) is 28.9 Å².